The maximum Gasteiger partial charge on any atom is 0.339 e. The van der Waals surface area contributed by atoms with Crippen LogP contribution in [0, 0.1) is 6.92 Å². The van der Waals surface area contributed by atoms with Crippen LogP contribution in [0.5, 0.6) is 5.75 Å². The molecule has 0 spiro atoms. The van der Waals surface area contributed by atoms with E-state index in [0.29, 0.717) is 18.2 Å². The minimum absolute atomic E-state index is 0.169. The minimum Gasteiger partial charge on any atom is -0.477 e. The fourth-order valence-corrected chi connectivity index (χ4v) is 4.78. The highest BCUT2D eigenvalue weighted by Gasteiger charge is 2.26. The van der Waals surface area contributed by atoms with Crippen molar-refractivity contribution >= 4 is 11.0 Å². The Morgan fingerprint density at radius 3 is 2.75 bits per heavy atom. The molecule has 1 aliphatic carbocycles. The molecule has 2 aromatic carbocycles. The van der Waals surface area contributed by atoms with Crippen LogP contribution in [0.15, 0.2) is 45.6 Å². The van der Waals surface area contributed by atoms with Gasteiger partial charge in [0.15, 0.2) is 0 Å². The second-order valence-corrected chi connectivity index (χ2v) is 8.16. The maximum atomic E-state index is 12.3. The largest absolute Gasteiger partial charge is 0.477 e. The molecule has 144 valence electrons. The van der Waals surface area contributed by atoms with Crippen LogP contribution in [0.4, 0.5) is 0 Å². The van der Waals surface area contributed by atoms with Crippen molar-refractivity contribution in [1.82, 2.24) is 4.90 Å². The lowest BCUT2D eigenvalue weighted by molar-refractivity contribution is 0.0900. The first-order valence-electron chi connectivity index (χ1n) is 10.1. The van der Waals surface area contributed by atoms with Crippen molar-refractivity contribution in [3.05, 3.63) is 74.6 Å². The number of hydrogen-bond donors (Lipinski definition) is 0. The van der Waals surface area contributed by atoms with Gasteiger partial charge in [-0.3, -0.25) is 4.90 Å². The number of benzene rings is 2. The van der Waals surface area contributed by atoms with Crippen molar-refractivity contribution in [3.63, 3.8) is 0 Å². The van der Waals surface area contributed by atoms with Gasteiger partial charge < -0.3 is 9.15 Å². The molecule has 3 aromatic rings. The Labute approximate surface area is 164 Å². The van der Waals surface area contributed by atoms with Gasteiger partial charge in [-0.05, 0) is 49.3 Å². The summed E-state index contributed by atoms with van der Waals surface area (Å²) >= 11 is 0. The van der Waals surface area contributed by atoms with Crippen molar-refractivity contribution in [2.24, 2.45) is 0 Å². The lowest BCUT2D eigenvalue weighted by Crippen LogP contribution is -2.35. The third-order valence-corrected chi connectivity index (χ3v) is 6.21. The van der Waals surface area contributed by atoms with Gasteiger partial charge in [0.2, 0.25) is 0 Å². The van der Waals surface area contributed by atoms with Gasteiger partial charge in [0.25, 0.3) is 0 Å². The topological polar surface area (TPSA) is 42.7 Å². The standard InChI is InChI=1S/C24H25NO3/c1-15(17-7-4-3-5-8-17)12-25-13-18-11-21-19-9-6-10-20(19)24(26)28-23(21)16(2)22(18)27-14-25/h3-5,7-8,11,15H,6,9-10,12-14H2,1-2H3. The van der Waals surface area contributed by atoms with Gasteiger partial charge in [-0.2, -0.15) is 0 Å². The molecule has 1 atom stereocenters. The Kier molecular flexibility index (Phi) is 4.24. The van der Waals surface area contributed by atoms with Gasteiger partial charge in [0.05, 0.1) is 0 Å². The second-order valence-electron chi connectivity index (χ2n) is 8.16. The summed E-state index contributed by atoms with van der Waals surface area (Å²) in [6.45, 7) is 6.64. The van der Waals surface area contributed by atoms with Crippen molar-refractivity contribution in [2.75, 3.05) is 13.3 Å². The van der Waals surface area contributed by atoms with Crippen molar-refractivity contribution in [1.29, 1.82) is 0 Å². The predicted molar refractivity (Wildman–Crippen MR) is 110 cm³/mol. The Morgan fingerprint density at radius 1 is 1.14 bits per heavy atom. The highest BCUT2D eigenvalue weighted by atomic mass is 16.5. The van der Waals surface area contributed by atoms with Crippen LogP contribution in [0.2, 0.25) is 0 Å². The summed E-state index contributed by atoms with van der Waals surface area (Å²) in [6.07, 6.45) is 2.83. The molecule has 0 saturated heterocycles. The zero-order valence-corrected chi connectivity index (χ0v) is 16.5. The number of rotatable bonds is 3. The van der Waals surface area contributed by atoms with Crippen molar-refractivity contribution < 1.29 is 9.15 Å². The van der Waals surface area contributed by atoms with Gasteiger partial charge in [-0.25, -0.2) is 4.79 Å². The third kappa shape index (κ3) is 2.83. The molecule has 0 bridgehead atoms. The molecule has 0 saturated carbocycles. The van der Waals surface area contributed by atoms with E-state index in [0.717, 1.165) is 54.6 Å². The molecule has 1 unspecified atom stereocenters. The van der Waals surface area contributed by atoms with Gasteiger partial charge in [-0.1, -0.05) is 37.3 Å². The van der Waals surface area contributed by atoms with E-state index >= 15 is 0 Å². The maximum absolute atomic E-state index is 12.3. The quantitative estimate of drug-likeness (QED) is 0.630. The number of aryl methyl sites for hydroxylation is 2. The molecule has 0 amide bonds. The average molecular weight is 375 g/mol. The van der Waals surface area contributed by atoms with Gasteiger partial charge in [-0.15, -0.1) is 0 Å². The second kappa shape index (κ2) is 6.78. The van der Waals surface area contributed by atoms with Crippen LogP contribution in [0.3, 0.4) is 0 Å². The van der Waals surface area contributed by atoms with E-state index in [4.69, 9.17) is 9.15 Å². The van der Waals surface area contributed by atoms with Crippen LogP contribution < -0.4 is 10.4 Å². The van der Waals surface area contributed by atoms with Gasteiger partial charge in [0, 0.05) is 35.2 Å². The lowest BCUT2D eigenvalue weighted by Gasteiger charge is -2.32. The first-order valence-corrected chi connectivity index (χ1v) is 10.1. The molecular formula is C24H25NO3. The highest BCUT2D eigenvalue weighted by molar-refractivity contribution is 5.87. The van der Waals surface area contributed by atoms with Crippen LogP contribution in [0.1, 0.15) is 47.1 Å². The SMILES string of the molecule is Cc1c2c(cc3c4c(c(=O)oc13)CCC4)CN(CC(C)c1ccccc1)CO2. The average Bonchev–Trinajstić information content (AvgIpc) is 3.21. The van der Waals surface area contributed by atoms with E-state index in [1.165, 1.54) is 16.7 Å². The Hall–Kier alpha value is -2.59. The monoisotopic (exact) mass is 375 g/mol. The molecule has 5 rings (SSSR count). The Bertz CT molecular complexity index is 1100. The molecule has 0 N–H and O–H groups in total. The van der Waals surface area contributed by atoms with Crippen LogP contribution in [-0.4, -0.2) is 18.2 Å². The highest BCUT2D eigenvalue weighted by Crippen LogP contribution is 2.38. The molecule has 2 heterocycles. The molecular weight excluding hydrogens is 350 g/mol. The normalized spacial score (nSPS) is 17.2. The number of nitrogens with zero attached hydrogens (tertiary/aromatic N) is 1. The summed E-state index contributed by atoms with van der Waals surface area (Å²) in [7, 11) is 0. The number of fused-ring (bicyclic) bond motifs is 4. The van der Waals surface area contributed by atoms with Gasteiger partial charge >= 0.3 is 5.63 Å². The molecule has 0 fully saturated rings. The lowest BCUT2D eigenvalue weighted by atomic mass is 9.98. The van der Waals surface area contributed by atoms with E-state index in [9.17, 15) is 4.79 Å². The molecule has 1 aliphatic heterocycles. The van der Waals surface area contributed by atoms with Crippen LogP contribution >= 0.6 is 0 Å². The van der Waals surface area contributed by atoms with E-state index in [1.807, 2.05) is 6.92 Å². The fourth-order valence-electron chi connectivity index (χ4n) is 4.78. The molecule has 28 heavy (non-hydrogen) atoms. The zero-order valence-electron chi connectivity index (χ0n) is 16.5. The number of ether oxygens (including phenoxy) is 1. The molecule has 4 heteroatoms. The fraction of sp³-hybridized carbons (Fsp3) is 0.375. The molecule has 4 nitrogen and oxygen atoms in total. The summed E-state index contributed by atoms with van der Waals surface area (Å²) in [4.78, 5) is 14.7. The summed E-state index contributed by atoms with van der Waals surface area (Å²) in [5, 5.41) is 1.10. The van der Waals surface area contributed by atoms with Crippen molar-refractivity contribution in [3.8, 4) is 5.75 Å². The van der Waals surface area contributed by atoms with E-state index in [1.54, 1.807) is 0 Å². The van der Waals surface area contributed by atoms with Crippen LogP contribution in [-0.2, 0) is 19.4 Å². The third-order valence-electron chi connectivity index (χ3n) is 6.21. The predicted octanol–water partition coefficient (Wildman–Crippen LogP) is 4.55. The summed E-state index contributed by atoms with van der Waals surface area (Å²) in [6, 6.07) is 12.8. The summed E-state index contributed by atoms with van der Waals surface area (Å²) < 4.78 is 11.8. The Morgan fingerprint density at radius 2 is 1.93 bits per heavy atom. The first-order chi connectivity index (χ1) is 13.6. The number of hydrogen-bond acceptors (Lipinski definition) is 4. The molecule has 2 aliphatic rings. The Balaban J connectivity index is 1.49. The van der Waals surface area contributed by atoms with Crippen LogP contribution in [0.25, 0.3) is 11.0 Å². The molecule has 1 aromatic heterocycles. The van der Waals surface area contributed by atoms with Gasteiger partial charge in [0.1, 0.15) is 18.1 Å². The molecule has 0 radical (unpaired) electrons. The first kappa shape index (κ1) is 17.5. The summed E-state index contributed by atoms with van der Waals surface area (Å²) in [5.41, 5.74) is 6.09. The minimum atomic E-state index is -0.169. The smallest absolute Gasteiger partial charge is 0.339 e. The van der Waals surface area contributed by atoms with Crippen molar-refractivity contribution in [2.45, 2.75) is 45.6 Å². The van der Waals surface area contributed by atoms with E-state index < -0.39 is 0 Å². The summed E-state index contributed by atoms with van der Waals surface area (Å²) in [5.74, 6) is 1.33. The zero-order chi connectivity index (χ0) is 19.3. The van der Waals surface area contributed by atoms with E-state index in [2.05, 4.69) is 48.2 Å². The van der Waals surface area contributed by atoms with E-state index in [-0.39, 0.29) is 5.63 Å².